The van der Waals surface area contributed by atoms with Gasteiger partial charge in [0, 0.05) is 10.0 Å². The predicted octanol–water partition coefficient (Wildman–Crippen LogP) is 5.09. The highest BCUT2D eigenvalue weighted by Gasteiger charge is 2.08. The Labute approximate surface area is 121 Å². The summed E-state index contributed by atoms with van der Waals surface area (Å²) in [5.74, 6) is 0.662. The summed E-state index contributed by atoms with van der Waals surface area (Å²) in [7, 11) is 0. The highest BCUT2D eigenvalue weighted by atomic mass is 79.9. The first-order chi connectivity index (χ1) is 8.99. The van der Waals surface area contributed by atoms with E-state index in [2.05, 4.69) is 41.9 Å². The summed E-state index contributed by atoms with van der Waals surface area (Å²) in [4.78, 5) is 0. The largest absolute Gasteiger partial charge is 0.488 e. The lowest BCUT2D eigenvalue weighted by Gasteiger charge is -2.14. The van der Waals surface area contributed by atoms with Gasteiger partial charge in [0.2, 0.25) is 0 Å². The molecule has 0 aliphatic rings. The quantitative estimate of drug-likeness (QED) is 0.764. The molecule has 2 aromatic carbocycles. The first-order valence-corrected chi connectivity index (χ1v) is 6.92. The summed E-state index contributed by atoms with van der Waals surface area (Å²) in [6.45, 7) is 6.57. The Kier molecular flexibility index (Phi) is 4.25. The SMILES string of the molecule is Cc1ccc(C)c(OCc2ccc(F)cc2Br)c1C. The molecule has 0 fully saturated rings. The third-order valence-electron chi connectivity index (χ3n) is 3.26. The molecule has 0 amide bonds. The van der Waals surface area contributed by atoms with Crippen molar-refractivity contribution in [3.8, 4) is 5.75 Å². The molecule has 1 nitrogen and oxygen atoms in total. The van der Waals surface area contributed by atoms with Crippen LogP contribution in [0.25, 0.3) is 0 Å². The number of aryl methyl sites for hydroxylation is 2. The minimum atomic E-state index is -0.251. The van der Waals surface area contributed by atoms with E-state index < -0.39 is 0 Å². The van der Waals surface area contributed by atoms with Gasteiger partial charge in [-0.1, -0.05) is 34.1 Å². The van der Waals surface area contributed by atoms with E-state index >= 15 is 0 Å². The molecule has 0 spiro atoms. The van der Waals surface area contributed by atoms with Gasteiger partial charge < -0.3 is 4.74 Å². The number of hydrogen-bond donors (Lipinski definition) is 0. The van der Waals surface area contributed by atoms with Crippen LogP contribution in [0, 0.1) is 26.6 Å². The average molecular weight is 323 g/mol. The summed E-state index contributed by atoms with van der Waals surface area (Å²) >= 11 is 3.35. The van der Waals surface area contributed by atoms with E-state index in [9.17, 15) is 4.39 Å². The molecule has 0 N–H and O–H groups in total. The van der Waals surface area contributed by atoms with Crippen molar-refractivity contribution >= 4 is 15.9 Å². The fraction of sp³-hybridized carbons (Fsp3) is 0.250. The maximum atomic E-state index is 13.0. The Morgan fingerprint density at radius 1 is 1.05 bits per heavy atom. The molecule has 3 heteroatoms. The van der Waals surface area contributed by atoms with Gasteiger partial charge in [0.1, 0.15) is 18.2 Å². The molecule has 2 aromatic rings. The first kappa shape index (κ1) is 14.1. The van der Waals surface area contributed by atoms with E-state index in [-0.39, 0.29) is 5.82 Å². The molecule has 0 atom stereocenters. The van der Waals surface area contributed by atoms with Crippen molar-refractivity contribution in [1.29, 1.82) is 0 Å². The lowest BCUT2D eigenvalue weighted by Crippen LogP contribution is -2.01. The van der Waals surface area contributed by atoms with Crippen LogP contribution < -0.4 is 4.74 Å². The second-order valence-electron chi connectivity index (χ2n) is 4.68. The minimum Gasteiger partial charge on any atom is -0.488 e. The highest BCUT2D eigenvalue weighted by molar-refractivity contribution is 9.10. The summed E-state index contributed by atoms with van der Waals surface area (Å²) in [5.41, 5.74) is 4.40. The molecule has 2 rings (SSSR count). The van der Waals surface area contributed by atoms with Crippen LogP contribution in [0.15, 0.2) is 34.8 Å². The van der Waals surface area contributed by atoms with Crippen molar-refractivity contribution in [1.82, 2.24) is 0 Å². The van der Waals surface area contributed by atoms with Crippen molar-refractivity contribution in [2.45, 2.75) is 27.4 Å². The van der Waals surface area contributed by atoms with Crippen molar-refractivity contribution in [3.05, 3.63) is 62.9 Å². The molecular formula is C16H16BrFO. The Hall–Kier alpha value is -1.35. The summed E-state index contributed by atoms with van der Waals surface area (Å²) in [6.07, 6.45) is 0. The smallest absolute Gasteiger partial charge is 0.125 e. The molecular weight excluding hydrogens is 307 g/mol. The Morgan fingerprint density at radius 3 is 2.42 bits per heavy atom. The van der Waals surface area contributed by atoms with Crippen LogP contribution >= 0.6 is 15.9 Å². The van der Waals surface area contributed by atoms with Crippen LogP contribution in [0.1, 0.15) is 22.3 Å². The third kappa shape index (κ3) is 3.16. The van der Waals surface area contributed by atoms with Crippen LogP contribution in [-0.2, 0) is 6.61 Å². The van der Waals surface area contributed by atoms with Gasteiger partial charge in [0.25, 0.3) is 0 Å². The van der Waals surface area contributed by atoms with Crippen molar-refractivity contribution in [3.63, 3.8) is 0 Å². The van der Waals surface area contributed by atoms with Crippen LogP contribution in [0.4, 0.5) is 4.39 Å². The number of halogens is 2. The van der Waals surface area contributed by atoms with E-state index in [0.717, 1.165) is 26.9 Å². The van der Waals surface area contributed by atoms with Crippen LogP contribution in [-0.4, -0.2) is 0 Å². The fourth-order valence-electron chi connectivity index (χ4n) is 1.94. The molecule has 0 radical (unpaired) electrons. The molecule has 0 bridgehead atoms. The summed E-state index contributed by atoms with van der Waals surface area (Å²) in [5, 5.41) is 0. The minimum absolute atomic E-state index is 0.251. The van der Waals surface area contributed by atoms with Crippen molar-refractivity contribution in [2.75, 3.05) is 0 Å². The molecule has 0 unspecified atom stereocenters. The molecule has 100 valence electrons. The molecule has 0 saturated heterocycles. The molecule has 0 aromatic heterocycles. The molecule has 0 heterocycles. The molecule has 19 heavy (non-hydrogen) atoms. The maximum Gasteiger partial charge on any atom is 0.125 e. The van der Waals surface area contributed by atoms with Crippen molar-refractivity contribution < 1.29 is 9.13 Å². The average Bonchev–Trinajstić information content (AvgIpc) is 2.36. The van der Waals surface area contributed by atoms with Gasteiger partial charge in [-0.05, 0) is 49.6 Å². The van der Waals surface area contributed by atoms with Gasteiger partial charge in [0.15, 0.2) is 0 Å². The molecule has 0 aliphatic heterocycles. The van der Waals surface area contributed by atoms with E-state index in [1.54, 1.807) is 6.07 Å². The normalized spacial score (nSPS) is 10.6. The zero-order chi connectivity index (χ0) is 14.0. The summed E-state index contributed by atoms with van der Waals surface area (Å²) < 4.78 is 19.7. The second-order valence-corrected chi connectivity index (χ2v) is 5.53. The standard InChI is InChI=1S/C16H16BrFO/c1-10-4-5-11(2)16(12(10)3)19-9-13-6-7-14(18)8-15(13)17/h4-8H,9H2,1-3H3. The molecule has 0 aliphatic carbocycles. The third-order valence-corrected chi connectivity index (χ3v) is 4.00. The van der Waals surface area contributed by atoms with Gasteiger partial charge in [-0.25, -0.2) is 4.39 Å². The zero-order valence-electron chi connectivity index (χ0n) is 11.3. The number of ether oxygens (including phenoxy) is 1. The fourth-order valence-corrected chi connectivity index (χ4v) is 2.40. The zero-order valence-corrected chi connectivity index (χ0v) is 12.8. The monoisotopic (exact) mass is 322 g/mol. The molecule has 0 saturated carbocycles. The number of benzene rings is 2. The van der Waals surface area contributed by atoms with Crippen LogP contribution in [0.5, 0.6) is 5.75 Å². The Morgan fingerprint density at radius 2 is 1.74 bits per heavy atom. The second kappa shape index (κ2) is 5.74. The number of hydrogen-bond acceptors (Lipinski definition) is 1. The van der Waals surface area contributed by atoms with Gasteiger partial charge in [-0.2, -0.15) is 0 Å². The lowest BCUT2D eigenvalue weighted by molar-refractivity contribution is 0.301. The Balaban J connectivity index is 2.21. The summed E-state index contributed by atoms with van der Waals surface area (Å²) in [6, 6.07) is 8.77. The number of rotatable bonds is 3. The van der Waals surface area contributed by atoms with Crippen LogP contribution in [0.2, 0.25) is 0 Å². The van der Waals surface area contributed by atoms with E-state index in [4.69, 9.17) is 4.74 Å². The van der Waals surface area contributed by atoms with Gasteiger partial charge in [-0.15, -0.1) is 0 Å². The van der Waals surface area contributed by atoms with Crippen molar-refractivity contribution in [2.24, 2.45) is 0 Å². The lowest BCUT2D eigenvalue weighted by atomic mass is 10.1. The van der Waals surface area contributed by atoms with Gasteiger partial charge in [-0.3, -0.25) is 0 Å². The first-order valence-electron chi connectivity index (χ1n) is 6.12. The van der Waals surface area contributed by atoms with Crippen LogP contribution in [0.3, 0.4) is 0 Å². The maximum absolute atomic E-state index is 13.0. The van der Waals surface area contributed by atoms with Gasteiger partial charge in [0.05, 0.1) is 0 Å². The predicted molar refractivity (Wildman–Crippen MR) is 79.1 cm³/mol. The van der Waals surface area contributed by atoms with E-state index in [1.165, 1.54) is 17.7 Å². The van der Waals surface area contributed by atoms with E-state index in [0.29, 0.717) is 6.61 Å². The topological polar surface area (TPSA) is 9.23 Å². The highest BCUT2D eigenvalue weighted by Crippen LogP contribution is 2.27. The Bertz CT molecular complexity index is 608. The van der Waals surface area contributed by atoms with Gasteiger partial charge >= 0.3 is 0 Å². The van der Waals surface area contributed by atoms with E-state index in [1.807, 2.05) is 6.92 Å².